The van der Waals surface area contributed by atoms with Crippen LogP contribution >= 0.6 is 0 Å². The van der Waals surface area contributed by atoms with Crippen LogP contribution in [0.4, 0.5) is 11.4 Å². The first kappa shape index (κ1) is 32.4. The van der Waals surface area contributed by atoms with E-state index in [1.54, 1.807) is 0 Å². The maximum Gasteiger partial charge on any atom is 0.0316 e. The Kier molecular flexibility index (Phi) is 12.3. The van der Waals surface area contributed by atoms with Crippen molar-refractivity contribution in [1.29, 1.82) is 0 Å². The van der Waals surface area contributed by atoms with Gasteiger partial charge in [-0.05, 0) is 108 Å². The monoisotopic (exact) mass is 574 g/mol. The number of nitrogens with two attached hydrogens (primary N) is 2. The minimum absolute atomic E-state index is 0.390. The minimum Gasteiger partial charge on any atom is -0.399 e. The number of rotatable bonds is 16. The maximum absolute atomic E-state index is 5.94. The Balaban J connectivity index is 1.03. The van der Waals surface area contributed by atoms with Gasteiger partial charge in [-0.25, -0.2) is 0 Å². The summed E-state index contributed by atoms with van der Waals surface area (Å²) in [6, 6.07) is 31.1. The van der Waals surface area contributed by atoms with Crippen LogP contribution in [0.1, 0.15) is 128 Å². The fourth-order valence-electron chi connectivity index (χ4n) is 6.57. The van der Waals surface area contributed by atoms with Gasteiger partial charge in [0.05, 0.1) is 0 Å². The second kappa shape index (κ2) is 16.4. The second-order valence-corrected chi connectivity index (χ2v) is 12.8. The number of anilines is 2. The van der Waals surface area contributed by atoms with Gasteiger partial charge in [-0.2, -0.15) is 0 Å². The molecule has 0 saturated carbocycles. The first-order valence-electron chi connectivity index (χ1n) is 16.7. The molecule has 2 nitrogen and oxygen atoms in total. The van der Waals surface area contributed by atoms with Gasteiger partial charge in [0.25, 0.3) is 0 Å². The third-order valence-electron chi connectivity index (χ3n) is 9.41. The highest BCUT2D eigenvalue weighted by molar-refractivity contribution is 5.48. The summed E-state index contributed by atoms with van der Waals surface area (Å²) in [6.07, 6.45) is 14.5. The molecule has 2 atom stereocenters. The Hall–Kier alpha value is -3.52. The average Bonchev–Trinajstić information content (AvgIpc) is 3.00. The molecule has 2 unspecified atom stereocenters. The molecule has 4 N–H and O–H groups in total. The maximum atomic E-state index is 5.94. The van der Waals surface area contributed by atoms with Crippen LogP contribution in [-0.2, 0) is 12.8 Å². The van der Waals surface area contributed by atoms with Crippen molar-refractivity contribution in [3.05, 3.63) is 129 Å². The van der Waals surface area contributed by atoms with Crippen LogP contribution in [-0.4, -0.2) is 0 Å². The topological polar surface area (TPSA) is 52.0 Å². The SMILES string of the molecule is Cc1cc(N)ccc1C(C)c1ccc(CCCCCCCCCCCc2ccc(C(C)c3ccc(N)cc3C)cc2)cc1. The summed E-state index contributed by atoms with van der Waals surface area (Å²) in [5.41, 5.74) is 24.5. The van der Waals surface area contributed by atoms with Crippen molar-refractivity contribution < 1.29 is 0 Å². The van der Waals surface area contributed by atoms with Gasteiger partial charge in [-0.15, -0.1) is 0 Å². The molecule has 4 aromatic rings. The van der Waals surface area contributed by atoms with Crippen LogP contribution in [0.15, 0.2) is 84.9 Å². The van der Waals surface area contributed by atoms with Crippen molar-refractivity contribution in [3.63, 3.8) is 0 Å². The molecular weight excluding hydrogens is 520 g/mol. The quantitative estimate of drug-likeness (QED) is 0.103. The van der Waals surface area contributed by atoms with Crippen LogP contribution in [0.3, 0.4) is 0 Å². The van der Waals surface area contributed by atoms with Crippen molar-refractivity contribution in [1.82, 2.24) is 0 Å². The molecule has 0 bridgehead atoms. The highest BCUT2D eigenvalue weighted by Crippen LogP contribution is 2.29. The predicted molar refractivity (Wildman–Crippen MR) is 188 cm³/mol. The molecule has 0 radical (unpaired) electrons. The highest BCUT2D eigenvalue weighted by atomic mass is 14.5. The highest BCUT2D eigenvalue weighted by Gasteiger charge is 2.12. The summed E-state index contributed by atoms with van der Waals surface area (Å²) in [4.78, 5) is 0. The molecule has 2 heteroatoms. The van der Waals surface area contributed by atoms with Crippen LogP contribution < -0.4 is 11.5 Å². The molecule has 0 amide bonds. The first-order valence-corrected chi connectivity index (χ1v) is 16.7. The number of unbranched alkanes of at least 4 members (excludes halogenated alkanes) is 8. The van der Waals surface area contributed by atoms with E-state index in [9.17, 15) is 0 Å². The van der Waals surface area contributed by atoms with Gasteiger partial charge < -0.3 is 11.5 Å². The van der Waals surface area contributed by atoms with Gasteiger partial charge in [0, 0.05) is 23.2 Å². The number of benzene rings is 4. The molecule has 4 aromatic carbocycles. The standard InChI is InChI=1S/C41H54N2/c1-30-28-38(42)24-26-40(30)32(3)36-20-16-34(17-21-36)14-12-10-8-6-5-7-9-11-13-15-35-18-22-37(23-19-35)33(4)41-27-25-39(43)29-31(41)2/h16-29,32-33H,5-15,42-43H2,1-4H3. The van der Waals surface area contributed by atoms with Crippen molar-refractivity contribution in [3.8, 4) is 0 Å². The molecule has 4 rings (SSSR count). The summed E-state index contributed by atoms with van der Waals surface area (Å²) >= 11 is 0. The summed E-state index contributed by atoms with van der Waals surface area (Å²) < 4.78 is 0. The Bertz CT molecular complexity index is 1290. The van der Waals surface area contributed by atoms with Crippen LogP contribution in [0.25, 0.3) is 0 Å². The van der Waals surface area contributed by atoms with Gasteiger partial charge >= 0.3 is 0 Å². The molecule has 0 aliphatic carbocycles. The van der Waals surface area contributed by atoms with Crippen LogP contribution in [0.2, 0.25) is 0 Å². The minimum atomic E-state index is 0.390. The zero-order valence-corrected chi connectivity index (χ0v) is 27.2. The molecule has 0 aliphatic heterocycles. The number of hydrogen-bond acceptors (Lipinski definition) is 2. The third kappa shape index (κ3) is 9.75. The van der Waals surface area contributed by atoms with Gasteiger partial charge in [-0.1, -0.05) is 119 Å². The third-order valence-corrected chi connectivity index (χ3v) is 9.41. The molecule has 0 fully saturated rings. The van der Waals surface area contributed by atoms with E-state index in [2.05, 4.69) is 100 Å². The van der Waals surface area contributed by atoms with E-state index in [1.807, 2.05) is 12.1 Å². The lowest BCUT2D eigenvalue weighted by molar-refractivity contribution is 0.558. The van der Waals surface area contributed by atoms with Gasteiger partial charge in [-0.3, -0.25) is 0 Å². The van der Waals surface area contributed by atoms with E-state index in [0.29, 0.717) is 11.8 Å². The molecule has 228 valence electrons. The summed E-state index contributed by atoms with van der Waals surface area (Å²) in [5.74, 6) is 0.780. The van der Waals surface area contributed by atoms with Crippen LogP contribution in [0, 0.1) is 13.8 Å². The normalized spacial score (nSPS) is 12.7. The molecule has 0 spiro atoms. The summed E-state index contributed by atoms with van der Waals surface area (Å²) in [6.45, 7) is 8.89. The van der Waals surface area contributed by atoms with E-state index in [-0.39, 0.29) is 0 Å². The number of hydrogen-bond donors (Lipinski definition) is 2. The van der Waals surface area contributed by atoms with Crippen molar-refractivity contribution in [2.45, 2.75) is 110 Å². The molecule has 43 heavy (non-hydrogen) atoms. The van der Waals surface area contributed by atoms with Crippen molar-refractivity contribution in [2.75, 3.05) is 11.5 Å². The van der Waals surface area contributed by atoms with Gasteiger partial charge in [0.2, 0.25) is 0 Å². The summed E-state index contributed by atoms with van der Waals surface area (Å²) in [5, 5.41) is 0. The van der Waals surface area contributed by atoms with Crippen LogP contribution in [0.5, 0.6) is 0 Å². The largest absolute Gasteiger partial charge is 0.399 e. The zero-order chi connectivity index (χ0) is 30.6. The van der Waals surface area contributed by atoms with E-state index in [0.717, 1.165) is 11.4 Å². The lowest BCUT2D eigenvalue weighted by Gasteiger charge is -2.16. The fourth-order valence-corrected chi connectivity index (χ4v) is 6.57. The molecular formula is C41H54N2. The zero-order valence-electron chi connectivity index (χ0n) is 27.2. The second-order valence-electron chi connectivity index (χ2n) is 12.8. The fraction of sp³-hybridized carbons (Fsp3) is 0.415. The lowest BCUT2D eigenvalue weighted by atomic mass is 9.89. The Morgan fingerprint density at radius 2 is 0.767 bits per heavy atom. The van der Waals surface area contributed by atoms with Crippen molar-refractivity contribution in [2.24, 2.45) is 0 Å². The molecule has 0 aliphatic rings. The summed E-state index contributed by atoms with van der Waals surface area (Å²) in [7, 11) is 0. The number of aryl methyl sites for hydroxylation is 4. The van der Waals surface area contributed by atoms with Crippen molar-refractivity contribution >= 4 is 11.4 Å². The number of nitrogen functional groups attached to an aromatic ring is 2. The Labute approximate surface area is 261 Å². The molecule has 0 heterocycles. The first-order chi connectivity index (χ1) is 20.8. The Morgan fingerprint density at radius 3 is 1.09 bits per heavy atom. The molecule has 0 saturated heterocycles. The Morgan fingerprint density at radius 1 is 0.442 bits per heavy atom. The van der Waals surface area contributed by atoms with E-state index < -0.39 is 0 Å². The van der Waals surface area contributed by atoms with Gasteiger partial charge in [0.15, 0.2) is 0 Å². The predicted octanol–water partition coefficient (Wildman–Crippen LogP) is 11.1. The van der Waals surface area contributed by atoms with E-state index in [4.69, 9.17) is 11.5 Å². The smallest absolute Gasteiger partial charge is 0.0316 e. The van der Waals surface area contributed by atoms with E-state index in [1.165, 1.54) is 115 Å². The average molecular weight is 575 g/mol. The van der Waals surface area contributed by atoms with Gasteiger partial charge in [0.1, 0.15) is 0 Å². The molecule has 0 aromatic heterocycles. The lowest BCUT2D eigenvalue weighted by Crippen LogP contribution is -2.00. The van der Waals surface area contributed by atoms with E-state index >= 15 is 0 Å².